The van der Waals surface area contributed by atoms with E-state index in [0.29, 0.717) is 29.7 Å². The molecule has 1 saturated carbocycles. The Balaban J connectivity index is 1.92. The van der Waals surface area contributed by atoms with E-state index in [0.717, 1.165) is 45.1 Å². The van der Waals surface area contributed by atoms with Gasteiger partial charge in [0.15, 0.2) is 0 Å². The molecule has 1 N–H and O–H groups in total. The summed E-state index contributed by atoms with van der Waals surface area (Å²) in [6, 6.07) is 0.457. The maximum absolute atomic E-state index is 12.1. The monoisotopic (exact) mass is 237 g/mol. The molecule has 0 aromatic rings. The van der Waals surface area contributed by atoms with Gasteiger partial charge in [-0.2, -0.15) is 0 Å². The van der Waals surface area contributed by atoms with Gasteiger partial charge < -0.3 is 10.0 Å². The maximum Gasteiger partial charge on any atom is 0.222 e. The number of nitrogens with zero attached hydrogens (tertiary/aromatic N) is 1. The lowest BCUT2D eigenvalue weighted by Crippen LogP contribution is -2.50. The van der Waals surface area contributed by atoms with Gasteiger partial charge in [0.05, 0.1) is 6.10 Å². The van der Waals surface area contributed by atoms with Gasteiger partial charge in [-0.15, -0.1) is 0 Å². The number of carbonyl (C=O) groups excluding carboxylic acids is 1. The molecule has 1 aliphatic carbocycles. The van der Waals surface area contributed by atoms with E-state index < -0.39 is 0 Å². The normalized spacial score (nSPS) is 45.6. The minimum Gasteiger partial charge on any atom is -0.393 e. The summed E-state index contributed by atoms with van der Waals surface area (Å²) >= 11 is 0. The number of carbonyl (C=O) groups is 1. The molecule has 2 aliphatic heterocycles. The lowest BCUT2D eigenvalue weighted by molar-refractivity contribution is -0.134. The number of hydrogen-bond donors (Lipinski definition) is 1. The SMILES string of the molecule is CC[C@@H]1[C@H]2CCCC(=O)N3CC[C@@H](C[C@H]1O)[C@@H]23. The van der Waals surface area contributed by atoms with Gasteiger partial charge in [-0.3, -0.25) is 4.79 Å². The van der Waals surface area contributed by atoms with Crippen LogP contribution in [0.2, 0.25) is 0 Å². The Morgan fingerprint density at radius 2 is 2.24 bits per heavy atom. The molecule has 5 atom stereocenters. The summed E-state index contributed by atoms with van der Waals surface area (Å²) in [7, 11) is 0. The molecule has 3 aliphatic rings. The van der Waals surface area contributed by atoms with Crippen molar-refractivity contribution in [3.8, 4) is 0 Å². The number of hydrogen-bond acceptors (Lipinski definition) is 2. The summed E-state index contributed by atoms with van der Waals surface area (Å²) in [5.74, 6) is 1.91. The molecule has 0 bridgehead atoms. The van der Waals surface area contributed by atoms with Crippen molar-refractivity contribution < 1.29 is 9.90 Å². The summed E-state index contributed by atoms with van der Waals surface area (Å²) in [5.41, 5.74) is 0. The van der Waals surface area contributed by atoms with Gasteiger partial charge >= 0.3 is 0 Å². The molecule has 0 spiro atoms. The summed E-state index contributed by atoms with van der Waals surface area (Å²) < 4.78 is 0. The summed E-state index contributed by atoms with van der Waals surface area (Å²) in [6.07, 6.45) is 5.85. The average molecular weight is 237 g/mol. The standard InChI is InChI=1S/C14H23NO2/c1-2-10-11-4-3-5-13(17)15-7-6-9(14(11)15)8-12(10)16/h9-12,14,16H,2-8H2,1H3/t9-,10+,11+,12+,14-/m0/s1. The molecule has 3 heteroatoms. The third-order valence-corrected chi connectivity index (χ3v) is 5.33. The summed E-state index contributed by atoms with van der Waals surface area (Å²) in [4.78, 5) is 14.2. The molecule has 2 saturated heterocycles. The summed E-state index contributed by atoms with van der Waals surface area (Å²) in [6.45, 7) is 3.12. The fourth-order valence-electron chi connectivity index (χ4n) is 4.62. The maximum atomic E-state index is 12.1. The van der Waals surface area contributed by atoms with Crippen LogP contribution in [0.4, 0.5) is 0 Å². The Morgan fingerprint density at radius 1 is 1.41 bits per heavy atom. The Hall–Kier alpha value is -0.570. The second kappa shape index (κ2) is 4.27. The molecule has 17 heavy (non-hydrogen) atoms. The van der Waals surface area contributed by atoms with E-state index >= 15 is 0 Å². The van der Waals surface area contributed by atoms with Gasteiger partial charge in [0, 0.05) is 19.0 Å². The van der Waals surface area contributed by atoms with Gasteiger partial charge in [0.25, 0.3) is 0 Å². The van der Waals surface area contributed by atoms with E-state index in [1.807, 2.05) is 0 Å². The number of amides is 1. The average Bonchev–Trinajstić information content (AvgIpc) is 2.64. The predicted octanol–water partition coefficient (Wildman–Crippen LogP) is 1.79. The van der Waals surface area contributed by atoms with Gasteiger partial charge in [-0.1, -0.05) is 13.3 Å². The van der Waals surface area contributed by atoms with Crippen molar-refractivity contribution in [2.75, 3.05) is 6.54 Å². The van der Waals surface area contributed by atoms with Crippen LogP contribution in [0.25, 0.3) is 0 Å². The molecular formula is C14H23NO2. The van der Waals surface area contributed by atoms with E-state index in [1.54, 1.807) is 0 Å². The zero-order valence-electron chi connectivity index (χ0n) is 10.6. The highest BCUT2D eigenvalue weighted by atomic mass is 16.3. The predicted molar refractivity (Wildman–Crippen MR) is 65.4 cm³/mol. The van der Waals surface area contributed by atoms with Crippen molar-refractivity contribution in [2.24, 2.45) is 17.8 Å². The molecule has 96 valence electrons. The highest BCUT2D eigenvalue weighted by Crippen LogP contribution is 2.47. The Labute approximate surface area is 103 Å². The third kappa shape index (κ3) is 1.70. The van der Waals surface area contributed by atoms with Gasteiger partial charge in [-0.05, 0) is 43.4 Å². The van der Waals surface area contributed by atoms with Crippen molar-refractivity contribution in [1.82, 2.24) is 4.90 Å². The van der Waals surface area contributed by atoms with Crippen LogP contribution < -0.4 is 0 Å². The highest BCUT2D eigenvalue weighted by molar-refractivity contribution is 5.77. The van der Waals surface area contributed by atoms with Crippen LogP contribution in [-0.4, -0.2) is 34.6 Å². The van der Waals surface area contributed by atoms with E-state index in [9.17, 15) is 9.90 Å². The Bertz CT molecular complexity index is 317. The summed E-state index contributed by atoms with van der Waals surface area (Å²) in [5, 5.41) is 10.3. The lowest BCUT2D eigenvalue weighted by atomic mass is 9.67. The van der Waals surface area contributed by atoms with Crippen molar-refractivity contribution in [3.05, 3.63) is 0 Å². The van der Waals surface area contributed by atoms with Crippen LogP contribution in [0.1, 0.15) is 45.4 Å². The quantitative estimate of drug-likeness (QED) is 0.755. The Kier molecular flexibility index (Phi) is 2.89. The van der Waals surface area contributed by atoms with Crippen molar-refractivity contribution in [1.29, 1.82) is 0 Å². The van der Waals surface area contributed by atoms with E-state index in [-0.39, 0.29) is 6.10 Å². The van der Waals surface area contributed by atoms with Crippen LogP contribution in [0.15, 0.2) is 0 Å². The topological polar surface area (TPSA) is 40.5 Å². The van der Waals surface area contributed by atoms with Crippen molar-refractivity contribution >= 4 is 5.91 Å². The lowest BCUT2D eigenvalue weighted by Gasteiger charge is -2.44. The van der Waals surface area contributed by atoms with E-state index in [4.69, 9.17) is 0 Å². The molecular weight excluding hydrogens is 214 g/mol. The number of aliphatic hydroxyl groups excluding tert-OH is 1. The molecule has 3 fully saturated rings. The minimum atomic E-state index is -0.126. The van der Waals surface area contributed by atoms with E-state index in [1.165, 1.54) is 0 Å². The molecule has 0 aromatic carbocycles. The second-order valence-corrected chi connectivity index (χ2v) is 6.06. The van der Waals surface area contributed by atoms with E-state index in [2.05, 4.69) is 11.8 Å². The van der Waals surface area contributed by atoms with Crippen LogP contribution in [0.5, 0.6) is 0 Å². The molecule has 1 amide bonds. The fraction of sp³-hybridized carbons (Fsp3) is 0.929. The fourth-order valence-corrected chi connectivity index (χ4v) is 4.62. The van der Waals surface area contributed by atoms with Crippen molar-refractivity contribution in [2.45, 2.75) is 57.6 Å². The third-order valence-electron chi connectivity index (χ3n) is 5.33. The van der Waals surface area contributed by atoms with Crippen LogP contribution in [0, 0.1) is 17.8 Å². The number of rotatable bonds is 1. The zero-order valence-corrected chi connectivity index (χ0v) is 10.6. The van der Waals surface area contributed by atoms with Crippen LogP contribution in [-0.2, 0) is 4.79 Å². The molecule has 0 unspecified atom stereocenters. The molecule has 0 aromatic heterocycles. The first-order chi connectivity index (χ1) is 8.22. The van der Waals surface area contributed by atoms with Crippen LogP contribution >= 0.6 is 0 Å². The number of aliphatic hydroxyl groups is 1. The first-order valence-corrected chi connectivity index (χ1v) is 7.20. The smallest absolute Gasteiger partial charge is 0.222 e. The molecule has 3 rings (SSSR count). The first kappa shape index (κ1) is 11.5. The molecule has 3 nitrogen and oxygen atoms in total. The van der Waals surface area contributed by atoms with Crippen molar-refractivity contribution in [3.63, 3.8) is 0 Å². The van der Waals surface area contributed by atoms with Gasteiger partial charge in [0.2, 0.25) is 5.91 Å². The van der Waals surface area contributed by atoms with Gasteiger partial charge in [0.1, 0.15) is 0 Å². The largest absolute Gasteiger partial charge is 0.393 e. The Morgan fingerprint density at radius 3 is 3.00 bits per heavy atom. The zero-order chi connectivity index (χ0) is 12.0. The van der Waals surface area contributed by atoms with Gasteiger partial charge in [-0.25, -0.2) is 0 Å². The first-order valence-electron chi connectivity index (χ1n) is 7.20. The molecule has 0 radical (unpaired) electrons. The highest BCUT2D eigenvalue weighted by Gasteiger charge is 2.50. The minimum absolute atomic E-state index is 0.126. The second-order valence-electron chi connectivity index (χ2n) is 6.06. The molecule has 2 heterocycles. The van der Waals surface area contributed by atoms with Crippen LogP contribution in [0.3, 0.4) is 0 Å².